The lowest BCUT2D eigenvalue weighted by Crippen LogP contribution is -2.61. The Hall–Kier alpha value is -9.36. The number of aliphatic carboxylic acids is 1. The number of para-hydroxylation sites is 1. The molecular formula is C59H77N13O12. The first-order valence-electron chi connectivity index (χ1n) is 27.6. The van der Waals surface area contributed by atoms with Gasteiger partial charge in [0.15, 0.2) is 5.96 Å². The number of aromatic amines is 1. The molecule has 1 heterocycles. The smallest absolute Gasteiger partial charge is 0.326 e. The maximum absolute atomic E-state index is 14.5. The Morgan fingerprint density at radius 3 is 1.51 bits per heavy atom. The van der Waals surface area contributed by atoms with Gasteiger partial charge in [0.2, 0.25) is 47.3 Å². The van der Waals surface area contributed by atoms with Gasteiger partial charge in [-0.25, -0.2) is 4.79 Å². The topological polar surface area (TPSA) is 417 Å². The molecule has 25 nitrogen and oxygen atoms in total. The summed E-state index contributed by atoms with van der Waals surface area (Å²) < 4.78 is 0. The number of hydrogen-bond acceptors (Lipinski definition) is 13. The quantitative estimate of drug-likeness (QED) is 0.0148. The molecule has 0 aliphatic rings. The Morgan fingerprint density at radius 1 is 0.536 bits per heavy atom. The average molecular weight is 1160 g/mol. The minimum Gasteiger partial charge on any atom is -0.508 e. The zero-order chi connectivity index (χ0) is 61.5. The number of amides is 8. The first-order chi connectivity index (χ1) is 40.1. The van der Waals surface area contributed by atoms with Gasteiger partial charge < -0.3 is 80.0 Å². The van der Waals surface area contributed by atoms with Crippen molar-refractivity contribution in [3.8, 4) is 5.75 Å². The van der Waals surface area contributed by atoms with E-state index < -0.39 is 120 Å². The number of aromatic nitrogens is 1. The highest BCUT2D eigenvalue weighted by atomic mass is 16.4. The van der Waals surface area contributed by atoms with Gasteiger partial charge in [-0.1, -0.05) is 111 Å². The van der Waals surface area contributed by atoms with Crippen molar-refractivity contribution in [3.63, 3.8) is 0 Å². The molecule has 0 aliphatic heterocycles. The van der Waals surface area contributed by atoms with E-state index in [9.17, 15) is 58.5 Å². The van der Waals surface area contributed by atoms with E-state index in [4.69, 9.17) is 17.2 Å². The van der Waals surface area contributed by atoms with Crippen molar-refractivity contribution in [1.29, 1.82) is 0 Å². The van der Waals surface area contributed by atoms with Crippen LogP contribution in [0.1, 0.15) is 69.2 Å². The third-order valence-electron chi connectivity index (χ3n) is 14.0. The second-order valence-corrected chi connectivity index (χ2v) is 20.5. The molecule has 4 aromatic carbocycles. The Bertz CT molecular complexity index is 3070. The molecule has 0 saturated carbocycles. The van der Waals surface area contributed by atoms with Crippen molar-refractivity contribution in [1.82, 2.24) is 47.5 Å². The number of carboxylic acids is 1. The number of H-pyrrole nitrogens is 1. The number of nitrogens with one attached hydrogen (secondary N) is 9. The van der Waals surface area contributed by atoms with Gasteiger partial charge in [0.25, 0.3) is 0 Å². The summed E-state index contributed by atoms with van der Waals surface area (Å²) in [6.45, 7) is 5.17. The standard InChI is InChI=1S/C59H77N13O12/c1-5-33(2)49(57(82)66-35(4)51(76)71-48(32-73)56(81)65-34(3)50(75)68-45(27-36-15-8-6-9-16-36)53(78)67-44(58(83)84)21-14-26-63-59(61)62)72-55(80)47(29-38-22-24-40(74)25-23-38)70-54(79)46(28-37-17-10-7-11-18-37)69-52(77)42(60)30-39-31-64-43-20-13-12-19-41(39)43/h6-13,15-20,22-25,31,33-35,42,44-49,64,73-74H,5,14,21,26-30,32,60H2,1-4H3,(H,65,81)(H,66,82)(H,67,78)(H,68,75)(H,69,77)(H,70,79)(H,71,76)(H,72,80)(H,83,84)(H4,61,62,63)/t33-,34-,35-,42-,44-,45-,46-,47-,48-,49-/m0/s1. The number of aliphatic hydroxyl groups is 1. The summed E-state index contributed by atoms with van der Waals surface area (Å²) in [5.41, 5.74) is 20.6. The lowest BCUT2D eigenvalue weighted by molar-refractivity contribution is -0.142. The monoisotopic (exact) mass is 1160 g/mol. The van der Waals surface area contributed by atoms with E-state index in [1.165, 1.54) is 26.0 Å². The molecule has 450 valence electrons. The number of nitrogens with zero attached hydrogens (tertiary/aromatic N) is 1. The number of aromatic hydroxyl groups is 1. The minimum atomic E-state index is -1.66. The second kappa shape index (κ2) is 32.3. The third kappa shape index (κ3) is 20.3. The second-order valence-electron chi connectivity index (χ2n) is 20.5. The van der Waals surface area contributed by atoms with Crippen LogP contribution in [0.25, 0.3) is 10.9 Å². The SMILES string of the molecule is CC[C@H](C)[C@H](NC(=O)[C@H](Cc1ccc(O)cc1)NC(=O)[C@H](Cc1ccccc1)NC(=O)[C@@H](N)Cc1c[nH]c2ccccc12)C(=O)N[C@@H](C)C(=O)N[C@@H](CO)C(=O)N[C@@H](C)C(=O)N[C@@H](Cc1ccccc1)C(=O)N[C@@H](CCCN=C(N)N)C(=O)O. The first kappa shape index (κ1) is 65.5. The van der Waals surface area contributed by atoms with E-state index in [1.54, 1.807) is 92.8 Å². The zero-order valence-electron chi connectivity index (χ0n) is 47.3. The Morgan fingerprint density at radius 2 is 0.988 bits per heavy atom. The number of carbonyl (C=O) groups excluding carboxylic acids is 8. The molecule has 0 aliphatic carbocycles. The van der Waals surface area contributed by atoms with Crippen molar-refractivity contribution < 1.29 is 58.5 Å². The van der Waals surface area contributed by atoms with Crippen molar-refractivity contribution in [2.24, 2.45) is 28.1 Å². The number of benzene rings is 4. The fraction of sp³-hybridized carbons (Fsp3) is 0.390. The molecule has 5 rings (SSSR count). The van der Waals surface area contributed by atoms with Crippen LogP contribution >= 0.6 is 0 Å². The molecule has 0 saturated heterocycles. The Labute approximate surface area is 486 Å². The molecule has 0 radical (unpaired) electrons. The number of aliphatic hydroxyl groups excluding tert-OH is 1. The molecule has 10 atom stereocenters. The summed E-state index contributed by atoms with van der Waals surface area (Å²) in [6, 6.07) is 18.8. The van der Waals surface area contributed by atoms with Crippen LogP contribution in [0.3, 0.4) is 0 Å². The minimum absolute atomic E-state index is 0.0100. The van der Waals surface area contributed by atoms with Crippen molar-refractivity contribution in [2.45, 2.75) is 127 Å². The number of carbonyl (C=O) groups is 9. The maximum atomic E-state index is 14.5. The number of phenolic OH excluding ortho intramolecular Hbond substituents is 1. The van der Waals surface area contributed by atoms with Gasteiger partial charge in [-0.15, -0.1) is 0 Å². The molecule has 5 aromatic rings. The Balaban J connectivity index is 1.25. The number of nitrogens with two attached hydrogens (primary N) is 3. The number of fused-ring (bicyclic) bond motifs is 1. The maximum Gasteiger partial charge on any atom is 0.326 e. The molecule has 0 unspecified atom stereocenters. The van der Waals surface area contributed by atoms with Crippen molar-refractivity contribution >= 4 is 70.1 Å². The molecule has 84 heavy (non-hydrogen) atoms. The summed E-state index contributed by atoms with van der Waals surface area (Å²) >= 11 is 0. The molecule has 25 heteroatoms. The third-order valence-corrected chi connectivity index (χ3v) is 14.0. The van der Waals surface area contributed by atoms with Crippen LogP contribution in [-0.4, -0.2) is 147 Å². The molecule has 0 spiro atoms. The van der Waals surface area contributed by atoms with Crippen LogP contribution in [0.15, 0.2) is 120 Å². The number of carboxylic acid groups (broad SMARTS) is 1. The zero-order valence-corrected chi connectivity index (χ0v) is 47.3. The summed E-state index contributed by atoms with van der Waals surface area (Å²) in [5, 5.41) is 51.6. The van der Waals surface area contributed by atoms with Gasteiger partial charge in [0.05, 0.1) is 12.6 Å². The van der Waals surface area contributed by atoms with Crippen LogP contribution < -0.4 is 59.7 Å². The predicted octanol–water partition coefficient (Wildman–Crippen LogP) is -0.434. The Kier molecular flexibility index (Phi) is 25.2. The van der Waals surface area contributed by atoms with Gasteiger partial charge in [-0.05, 0) is 79.5 Å². The van der Waals surface area contributed by atoms with Crippen LogP contribution in [0.5, 0.6) is 5.75 Å². The predicted molar refractivity (Wildman–Crippen MR) is 313 cm³/mol. The van der Waals surface area contributed by atoms with E-state index in [0.29, 0.717) is 23.1 Å². The molecule has 18 N–H and O–H groups in total. The van der Waals surface area contributed by atoms with E-state index in [0.717, 1.165) is 16.5 Å². The summed E-state index contributed by atoms with van der Waals surface area (Å²) in [5.74, 6) is -8.81. The average Bonchev–Trinajstić information content (AvgIpc) is 4.06. The fourth-order valence-electron chi connectivity index (χ4n) is 8.90. The molecule has 1 aromatic heterocycles. The van der Waals surface area contributed by atoms with Crippen LogP contribution in [0.4, 0.5) is 0 Å². The number of hydrogen-bond donors (Lipinski definition) is 15. The van der Waals surface area contributed by atoms with Crippen LogP contribution in [0.2, 0.25) is 0 Å². The highest BCUT2D eigenvalue weighted by Gasteiger charge is 2.35. The lowest BCUT2D eigenvalue weighted by atomic mass is 9.96. The number of rotatable bonds is 32. The van der Waals surface area contributed by atoms with E-state index in [-0.39, 0.29) is 56.8 Å². The van der Waals surface area contributed by atoms with Gasteiger partial charge in [0, 0.05) is 42.9 Å². The highest BCUT2D eigenvalue weighted by Crippen LogP contribution is 2.20. The number of phenols is 1. The largest absolute Gasteiger partial charge is 0.508 e. The van der Waals surface area contributed by atoms with Gasteiger partial charge in [-0.3, -0.25) is 43.3 Å². The highest BCUT2D eigenvalue weighted by molar-refractivity contribution is 5.98. The van der Waals surface area contributed by atoms with Gasteiger partial charge in [-0.2, -0.15) is 0 Å². The summed E-state index contributed by atoms with van der Waals surface area (Å²) in [6.07, 6.45) is 2.23. The molecular weight excluding hydrogens is 1080 g/mol. The summed E-state index contributed by atoms with van der Waals surface area (Å²) in [4.78, 5) is 130. The molecule has 0 fully saturated rings. The fourth-order valence-corrected chi connectivity index (χ4v) is 8.90. The summed E-state index contributed by atoms with van der Waals surface area (Å²) in [7, 11) is 0. The first-order valence-corrected chi connectivity index (χ1v) is 27.6. The van der Waals surface area contributed by atoms with Crippen LogP contribution in [-0.2, 0) is 68.8 Å². The van der Waals surface area contributed by atoms with Gasteiger partial charge >= 0.3 is 5.97 Å². The number of aliphatic imine (C=N–C) groups is 1. The van der Waals surface area contributed by atoms with E-state index >= 15 is 0 Å². The van der Waals surface area contributed by atoms with E-state index in [2.05, 4.69) is 52.5 Å². The number of guanidine groups is 1. The normalized spacial score (nSPS) is 14.6. The van der Waals surface area contributed by atoms with Crippen LogP contribution in [0, 0.1) is 5.92 Å². The lowest BCUT2D eigenvalue weighted by Gasteiger charge is -2.29. The molecule has 0 bridgehead atoms. The van der Waals surface area contributed by atoms with Gasteiger partial charge in [0.1, 0.15) is 54.1 Å². The van der Waals surface area contributed by atoms with E-state index in [1.807, 2.05) is 24.3 Å². The van der Waals surface area contributed by atoms with Crippen molar-refractivity contribution in [2.75, 3.05) is 13.2 Å². The van der Waals surface area contributed by atoms with Crippen molar-refractivity contribution in [3.05, 3.63) is 138 Å². The molecule has 8 amide bonds.